The quantitative estimate of drug-likeness (QED) is 0.876. The van der Waals surface area contributed by atoms with Crippen molar-refractivity contribution in [3.05, 3.63) is 47.7 Å². The summed E-state index contributed by atoms with van der Waals surface area (Å²) >= 11 is 0. The second-order valence-electron chi connectivity index (χ2n) is 4.94. The predicted molar refractivity (Wildman–Crippen MR) is 79.8 cm³/mol. The van der Waals surface area contributed by atoms with Crippen LogP contribution in [-0.4, -0.2) is 22.2 Å². The number of aromatic nitrogens is 2. The van der Waals surface area contributed by atoms with E-state index in [4.69, 9.17) is 5.73 Å². The number of hydrogen-bond donors (Lipinski definition) is 2. The number of rotatable bonds is 5. The zero-order valence-corrected chi connectivity index (χ0v) is 11.8. The molecule has 0 saturated heterocycles. The zero-order chi connectivity index (χ0) is 14.5. The molecule has 0 aliphatic rings. The molecule has 0 radical (unpaired) electrons. The van der Waals surface area contributed by atoms with E-state index in [1.54, 1.807) is 16.9 Å². The fraction of sp³-hybridized carbons (Fsp3) is 0.333. The Morgan fingerprint density at radius 3 is 2.60 bits per heavy atom. The molecule has 0 fully saturated rings. The molecule has 106 valence electrons. The Kier molecular flexibility index (Phi) is 4.53. The third-order valence-electron chi connectivity index (χ3n) is 3.05. The van der Waals surface area contributed by atoms with E-state index in [9.17, 15) is 4.79 Å². The van der Waals surface area contributed by atoms with Gasteiger partial charge in [-0.2, -0.15) is 5.10 Å². The largest absolute Gasteiger partial charge is 0.330 e. The summed E-state index contributed by atoms with van der Waals surface area (Å²) in [5, 5.41) is 7.07. The number of amides is 1. The third-order valence-corrected chi connectivity index (χ3v) is 3.05. The van der Waals surface area contributed by atoms with Gasteiger partial charge in [0.2, 0.25) is 0 Å². The summed E-state index contributed by atoms with van der Waals surface area (Å²) in [5.41, 5.74) is 7.27. The molecule has 0 aliphatic carbocycles. The van der Waals surface area contributed by atoms with Crippen LogP contribution in [-0.2, 0) is 6.42 Å². The summed E-state index contributed by atoms with van der Waals surface area (Å²) in [6, 6.07) is 9.49. The molecule has 0 aliphatic heterocycles. The molecular formula is C15H20N4O. The molecule has 2 aromatic rings. The first-order valence-electron chi connectivity index (χ1n) is 6.75. The van der Waals surface area contributed by atoms with Crippen molar-refractivity contribution < 1.29 is 4.79 Å². The maximum absolute atomic E-state index is 12.2. The Morgan fingerprint density at radius 2 is 2.00 bits per heavy atom. The highest BCUT2D eigenvalue weighted by Gasteiger charge is 2.11. The van der Waals surface area contributed by atoms with Crippen LogP contribution in [0, 0.1) is 0 Å². The van der Waals surface area contributed by atoms with Crippen LogP contribution in [0.3, 0.4) is 0 Å². The van der Waals surface area contributed by atoms with Gasteiger partial charge in [-0.1, -0.05) is 12.1 Å². The fourth-order valence-electron chi connectivity index (χ4n) is 2.00. The summed E-state index contributed by atoms with van der Waals surface area (Å²) in [6.07, 6.45) is 2.50. The highest BCUT2D eigenvalue weighted by atomic mass is 16.1. The number of nitrogens with zero attached hydrogens (tertiary/aromatic N) is 2. The van der Waals surface area contributed by atoms with Crippen LogP contribution in [0.4, 0.5) is 5.82 Å². The van der Waals surface area contributed by atoms with Gasteiger partial charge in [-0.25, -0.2) is 4.68 Å². The number of hydrogen-bond acceptors (Lipinski definition) is 3. The Balaban J connectivity index is 2.09. The lowest BCUT2D eigenvalue weighted by atomic mass is 10.1. The van der Waals surface area contributed by atoms with E-state index >= 15 is 0 Å². The number of nitrogens with one attached hydrogen (secondary N) is 1. The summed E-state index contributed by atoms with van der Waals surface area (Å²) in [5.74, 6) is 0.572. The highest BCUT2D eigenvalue weighted by molar-refractivity contribution is 6.03. The van der Waals surface area contributed by atoms with E-state index < -0.39 is 0 Å². The second-order valence-corrected chi connectivity index (χ2v) is 4.94. The zero-order valence-electron chi connectivity index (χ0n) is 11.8. The number of carbonyl (C=O) groups is 1. The monoisotopic (exact) mass is 272 g/mol. The van der Waals surface area contributed by atoms with E-state index in [-0.39, 0.29) is 11.9 Å². The van der Waals surface area contributed by atoms with Crippen LogP contribution in [0.1, 0.15) is 35.8 Å². The summed E-state index contributed by atoms with van der Waals surface area (Å²) in [6.45, 7) is 4.65. The number of benzene rings is 1. The van der Waals surface area contributed by atoms with Gasteiger partial charge in [-0.05, 0) is 44.5 Å². The van der Waals surface area contributed by atoms with Gasteiger partial charge in [0.05, 0.1) is 6.20 Å². The van der Waals surface area contributed by atoms with Gasteiger partial charge in [-0.3, -0.25) is 4.79 Å². The first kappa shape index (κ1) is 14.3. The van der Waals surface area contributed by atoms with Crippen LogP contribution >= 0.6 is 0 Å². The molecule has 0 unspecified atom stereocenters. The van der Waals surface area contributed by atoms with Crippen LogP contribution in [0.25, 0.3) is 0 Å². The van der Waals surface area contributed by atoms with Crippen LogP contribution < -0.4 is 11.1 Å². The molecule has 1 aromatic carbocycles. The van der Waals surface area contributed by atoms with Gasteiger partial charge >= 0.3 is 0 Å². The maximum Gasteiger partial charge on any atom is 0.256 e. The smallest absolute Gasteiger partial charge is 0.256 e. The molecule has 0 spiro atoms. The van der Waals surface area contributed by atoms with E-state index in [0.717, 1.165) is 12.0 Å². The van der Waals surface area contributed by atoms with E-state index in [2.05, 4.69) is 10.4 Å². The lowest BCUT2D eigenvalue weighted by Crippen LogP contribution is -2.16. The number of carbonyl (C=O) groups excluding carboxylic acids is 1. The summed E-state index contributed by atoms with van der Waals surface area (Å²) < 4.78 is 1.78. The molecule has 5 heteroatoms. The topological polar surface area (TPSA) is 72.9 Å². The molecule has 0 bridgehead atoms. The van der Waals surface area contributed by atoms with Crippen molar-refractivity contribution in [1.29, 1.82) is 0 Å². The van der Waals surface area contributed by atoms with Crippen LogP contribution in [0.2, 0.25) is 0 Å². The molecule has 0 saturated carbocycles. The van der Waals surface area contributed by atoms with Gasteiger partial charge in [-0.15, -0.1) is 0 Å². The van der Waals surface area contributed by atoms with E-state index in [0.29, 0.717) is 17.9 Å². The minimum Gasteiger partial charge on any atom is -0.330 e. The highest BCUT2D eigenvalue weighted by Crippen LogP contribution is 2.14. The Bertz CT molecular complexity index is 572. The van der Waals surface area contributed by atoms with Gasteiger partial charge in [0.15, 0.2) is 0 Å². The average Bonchev–Trinajstić information content (AvgIpc) is 2.88. The first-order chi connectivity index (χ1) is 9.61. The minimum absolute atomic E-state index is 0.133. The first-order valence-corrected chi connectivity index (χ1v) is 6.75. The molecule has 5 nitrogen and oxygen atoms in total. The Morgan fingerprint density at radius 1 is 1.30 bits per heavy atom. The number of nitrogens with two attached hydrogens (primary N) is 1. The van der Waals surface area contributed by atoms with Crippen LogP contribution in [0.15, 0.2) is 36.5 Å². The van der Waals surface area contributed by atoms with E-state index in [1.165, 1.54) is 0 Å². The Labute approximate surface area is 118 Å². The van der Waals surface area contributed by atoms with Crippen molar-refractivity contribution in [3.63, 3.8) is 0 Å². The molecule has 0 atom stereocenters. The lowest BCUT2D eigenvalue weighted by Gasteiger charge is -2.12. The molecule has 1 amide bonds. The second kappa shape index (κ2) is 6.34. The van der Waals surface area contributed by atoms with Crippen molar-refractivity contribution in [2.45, 2.75) is 26.3 Å². The standard InChI is InChI=1S/C15H20N4O/c1-11(2)19-14(8-10-17-19)18-15(20)13-5-3-12(4-6-13)7-9-16/h3-6,8,10-11H,7,9,16H2,1-2H3,(H,18,20). The van der Waals surface area contributed by atoms with Gasteiger partial charge in [0, 0.05) is 17.7 Å². The molecule has 20 heavy (non-hydrogen) atoms. The maximum atomic E-state index is 12.2. The van der Waals surface area contributed by atoms with Crippen molar-refractivity contribution in [2.75, 3.05) is 11.9 Å². The number of anilines is 1. The summed E-state index contributed by atoms with van der Waals surface area (Å²) in [4.78, 5) is 12.2. The van der Waals surface area contributed by atoms with Crippen molar-refractivity contribution in [2.24, 2.45) is 5.73 Å². The molecule has 1 aromatic heterocycles. The fourth-order valence-corrected chi connectivity index (χ4v) is 2.00. The van der Waals surface area contributed by atoms with Crippen molar-refractivity contribution in [1.82, 2.24) is 9.78 Å². The summed E-state index contributed by atoms with van der Waals surface area (Å²) in [7, 11) is 0. The van der Waals surface area contributed by atoms with Crippen molar-refractivity contribution in [3.8, 4) is 0 Å². The van der Waals surface area contributed by atoms with Gasteiger partial charge < -0.3 is 11.1 Å². The SMILES string of the molecule is CC(C)n1nccc1NC(=O)c1ccc(CCN)cc1. The van der Waals surface area contributed by atoms with Gasteiger partial charge in [0.1, 0.15) is 5.82 Å². The van der Waals surface area contributed by atoms with Gasteiger partial charge in [0.25, 0.3) is 5.91 Å². The lowest BCUT2D eigenvalue weighted by molar-refractivity contribution is 0.102. The molecular weight excluding hydrogens is 252 g/mol. The minimum atomic E-state index is -0.133. The predicted octanol–water partition coefficient (Wildman–Crippen LogP) is 2.22. The van der Waals surface area contributed by atoms with Crippen LogP contribution in [0.5, 0.6) is 0 Å². The molecule has 1 heterocycles. The third kappa shape index (κ3) is 3.24. The molecule has 3 N–H and O–H groups in total. The normalized spacial score (nSPS) is 10.8. The van der Waals surface area contributed by atoms with E-state index in [1.807, 2.05) is 38.1 Å². The molecule has 2 rings (SSSR count). The van der Waals surface area contributed by atoms with Crippen molar-refractivity contribution >= 4 is 11.7 Å². The Hall–Kier alpha value is -2.14. The average molecular weight is 272 g/mol.